The van der Waals surface area contributed by atoms with Crippen LogP contribution < -0.4 is 10.9 Å². The first kappa shape index (κ1) is 21.2. The van der Waals surface area contributed by atoms with E-state index in [1.165, 1.54) is 15.6 Å². The minimum Gasteiger partial charge on any atom is -0.292 e. The smallest absolute Gasteiger partial charge is 0.282 e. The van der Waals surface area contributed by atoms with Gasteiger partial charge < -0.3 is 0 Å². The summed E-state index contributed by atoms with van der Waals surface area (Å²) in [4.78, 5) is 26.3. The predicted molar refractivity (Wildman–Crippen MR) is 107 cm³/mol. The topological polar surface area (TPSA) is 102 Å². The van der Waals surface area contributed by atoms with Crippen LogP contribution >= 0.6 is 11.3 Å². The number of hydrogen-bond acceptors (Lipinski definition) is 6. The molecule has 0 aromatic carbocycles. The van der Waals surface area contributed by atoms with Gasteiger partial charge in [0.25, 0.3) is 22.0 Å². The van der Waals surface area contributed by atoms with Gasteiger partial charge in [0.15, 0.2) is 0 Å². The van der Waals surface area contributed by atoms with Crippen LogP contribution in [0.15, 0.2) is 17.5 Å². The van der Waals surface area contributed by atoms with E-state index in [9.17, 15) is 18.0 Å². The highest BCUT2D eigenvalue weighted by atomic mass is 32.2. The number of nitrogens with one attached hydrogen (secondary N) is 2. The molecule has 11 heteroatoms. The number of piperazine rings is 1. The molecular weight excluding hydrogens is 402 g/mol. The summed E-state index contributed by atoms with van der Waals surface area (Å²) in [6.07, 6.45) is 3.99. The molecule has 2 N–H and O–H groups in total. The van der Waals surface area contributed by atoms with Crippen molar-refractivity contribution < 1.29 is 18.0 Å². The first-order valence-corrected chi connectivity index (χ1v) is 11.8. The molecule has 28 heavy (non-hydrogen) atoms. The fraction of sp³-hybridized carbons (Fsp3) is 0.647. The first-order chi connectivity index (χ1) is 13.5. The summed E-state index contributed by atoms with van der Waals surface area (Å²) >= 11 is 1.29. The molecule has 156 valence electrons. The Morgan fingerprint density at radius 1 is 0.929 bits per heavy atom. The number of amides is 2. The number of hydrogen-bond donors (Lipinski definition) is 2. The second-order valence-electron chi connectivity index (χ2n) is 6.98. The van der Waals surface area contributed by atoms with E-state index < -0.39 is 10.2 Å². The highest BCUT2D eigenvalue weighted by Crippen LogP contribution is 2.17. The second-order valence-corrected chi connectivity index (χ2v) is 9.85. The Balaban J connectivity index is 1.42. The summed E-state index contributed by atoms with van der Waals surface area (Å²) in [6, 6.07) is 3.44. The standard InChI is InChI=1S/C17H27N5O4S2/c23-16(18-19-17(24)15-6-5-13-27-15)14-20-9-11-22(12-10-20)28(25,26)21-7-3-1-2-4-8-21/h5-6,13H,1-4,7-12,14H2,(H,18,23)(H,19,24). The van der Waals surface area contributed by atoms with Crippen molar-refractivity contribution in [3.05, 3.63) is 22.4 Å². The average molecular weight is 430 g/mol. The minimum absolute atomic E-state index is 0.113. The Bertz CT molecular complexity index is 753. The third-order valence-electron chi connectivity index (χ3n) is 4.98. The van der Waals surface area contributed by atoms with E-state index in [1.54, 1.807) is 21.8 Å². The first-order valence-electron chi connectivity index (χ1n) is 9.57. The number of carbonyl (C=O) groups is 2. The van der Waals surface area contributed by atoms with Gasteiger partial charge in [-0.3, -0.25) is 25.3 Å². The van der Waals surface area contributed by atoms with Crippen LogP contribution in [0.3, 0.4) is 0 Å². The quantitative estimate of drug-likeness (QED) is 0.653. The number of nitrogens with zero attached hydrogens (tertiary/aromatic N) is 3. The summed E-state index contributed by atoms with van der Waals surface area (Å²) in [5.74, 6) is -0.676. The molecule has 0 bridgehead atoms. The number of thiophene rings is 1. The fourth-order valence-corrected chi connectivity index (χ4v) is 5.68. The summed E-state index contributed by atoms with van der Waals surface area (Å²) in [7, 11) is -3.42. The number of hydrazine groups is 1. The van der Waals surface area contributed by atoms with Crippen molar-refractivity contribution in [3.63, 3.8) is 0 Å². The molecule has 3 heterocycles. The Hall–Kier alpha value is -1.53. The van der Waals surface area contributed by atoms with Crippen molar-refractivity contribution in [1.29, 1.82) is 0 Å². The van der Waals surface area contributed by atoms with Crippen molar-refractivity contribution in [2.45, 2.75) is 25.7 Å². The summed E-state index contributed by atoms with van der Waals surface area (Å²) in [5.41, 5.74) is 4.79. The van der Waals surface area contributed by atoms with E-state index >= 15 is 0 Å². The van der Waals surface area contributed by atoms with Gasteiger partial charge in [-0.2, -0.15) is 17.0 Å². The summed E-state index contributed by atoms with van der Waals surface area (Å²) in [5, 5.41) is 1.79. The van der Waals surface area contributed by atoms with Gasteiger partial charge in [-0.05, 0) is 24.3 Å². The van der Waals surface area contributed by atoms with Crippen molar-refractivity contribution in [3.8, 4) is 0 Å². The van der Waals surface area contributed by atoms with Crippen LogP contribution in [0.1, 0.15) is 35.4 Å². The van der Waals surface area contributed by atoms with E-state index in [0.717, 1.165) is 25.7 Å². The van der Waals surface area contributed by atoms with E-state index in [2.05, 4.69) is 10.9 Å². The lowest BCUT2D eigenvalue weighted by Gasteiger charge is -2.36. The highest BCUT2D eigenvalue weighted by molar-refractivity contribution is 7.86. The van der Waals surface area contributed by atoms with Gasteiger partial charge in [0.05, 0.1) is 11.4 Å². The van der Waals surface area contributed by atoms with Crippen LogP contribution in [0.25, 0.3) is 0 Å². The lowest BCUT2D eigenvalue weighted by Crippen LogP contribution is -2.55. The zero-order chi connectivity index (χ0) is 20.0. The van der Waals surface area contributed by atoms with Crippen molar-refractivity contribution in [2.24, 2.45) is 0 Å². The van der Waals surface area contributed by atoms with Crippen LogP contribution in [-0.4, -0.2) is 79.6 Å². The van der Waals surface area contributed by atoms with Crippen molar-refractivity contribution in [1.82, 2.24) is 24.4 Å². The Morgan fingerprint density at radius 3 is 2.18 bits per heavy atom. The maximum atomic E-state index is 12.8. The molecule has 2 aliphatic heterocycles. The van der Waals surface area contributed by atoms with Gasteiger partial charge in [-0.25, -0.2) is 0 Å². The normalized spacial score (nSPS) is 20.4. The van der Waals surface area contributed by atoms with Gasteiger partial charge in [0.2, 0.25) is 0 Å². The number of rotatable bonds is 5. The van der Waals surface area contributed by atoms with Crippen LogP contribution in [-0.2, 0) is 15.0 Å². The summed E-state index contributed by atoms with van der Waals surface area (Å²) < 4.78 is 28.8. The van der Waals surface area contributed by atoms with Crippen molar-refractivity contribution >= 4 is 33.4 Å². The molecule has 0 unspecified atom stereocenters. The van der Waals surface area contributed by atoms with Crippen LogP contribution in [0.5, 0.6) is 0 Å². The molecule has 0 atom stereocenters. The molecule has 2 amide bonds. The van der Waals surface area contributed by atoms with Crippen molar-refractivity contribution in [2.75, 3.05) is 45.8 Å². The molecule has 3 rings (SSSR count). The molecule has 2 aliphatic rings. The van der Waals surface area contributed by atoms with Crippen LogP contribution in [0, 0.1) is 0 Å². The van der Waals surface area contributed by atoms with E-state index in [1.807, 2.05) is 4.90 Å². The molecule has 2 fully saturated rings. The molecule has 0 saturated carbocycles. The fourth-order valence-electron chi connectivity index (χ4n) is 3.39. The van der Waals surface area contributed by atoms with Crippen LogP contribution in [0.2, 0.25) is 0 Å². The zero-order valence-corrected chi connectivity index (χ0v) is 17.4. The average Bonchev–Trinajstić information content (AvgIpc) is 3.08. The molecule has 0 spiro atoms. The lowest BCUT2D eigenvalue weighted by molar-refractivity contribution is -0.123. The van der Waals surface area contributed by atoms with Gasteiger partial charge in [-0.15, -0.1) is 11.3 Å². The lowest BCUT2D eigenvalue weighted by atomic mass is 10.2. The van der Waals surface area contributed by atoms with Crippen LogP contribution in [0.4, 0.5) is 0 Å². The maximum Gasteiger partial charge on any atom is 0.282 e. The molecule has 1 aromatic heterocycles. The molecule has 0 aliphatic carbocycles. The monoisotopic (exact) mass is 429 g/mol. The SMILES string of the molecule is O=C(CN1CCN(S(=O)(=O)N2CCCCCC2)CC1)NNC(=O)c1cccs1. The molecular formula is C17H27N5O4S2. The third-order valence-corrected chi connectivity index (χ3v) is 7.88. The molecule has 1 aromatic rings. The third kappa shape index (κ3) is 5.51. The van der Waals surface area contributed by atoms with Gasteiger partial charge >= 0.3 is 0 Å². The Morgan fingerprint density at radius 2 is 1.57 bits per heavy atom. The Labute approximate surface area is 169 Å². The largest absolute Gasteiger partial charge is 0.292 e. The predicted octanol–water partition coefficient (Wildman–Crippen LogP) is 0.248. The zero-order valence-electron chi connectivity index (χ0n) is 15.8. The minimum atomic E-state index is -3.42. The maximum absolute atomic E-state index is 12.8. The van der Waals surface area contributed by atoms with Gasteiger partial charge in [0, 0.05) is 39.3 Å². The number of carbonyl (C=O) groups excluding carboxylic acids is 2. The second kappa shape index (κ2) is 9.79. The van der Waals surface area contributed by atoms with E-state index in [-0.39, 0.29) is 18.4 Å². The molecule has 2 saturated heterocycles. The van der Waals surface area contributed by atoms with Gasteiger partial charge in [-0.1, -0.05) is 18.9 Å². The molecule has 0 radical (unpaired) electrons. The van der Waals surface area contributed by atoms with E-state index in [4.69, 9.17) is 0 Å². The Kier molecular flexibility index (Phi) is 7.41. The highest BCUT2D eigenvalue weighted by Gasteiger charge is 2.32. The summed E-state index contributed by atoms with van der Waals surface area (Å²) in [6.45, 7) is 3.01. The van der Waals surface area contributed by atoms with Gasteiger partial charge in [0.1, 0.15) is 0 Å². The van der Waals surface area contributed by atoms with E-state index in [0.29, 0.717) is 44.1 Å². The molecule has 9 nitrogen and oxygen atoms in total.